The van der Waals surface area contributed by atoms with E-state index >= 15 is 0 Å². The fourth-order valence-electron chi connectivity index (χ4n) is 3.36. The van der Waals surface area contributed by atoms with Crippen molar-refractivity contribution < 1.29 is 5.32 Å². The van der Waals surface area contributed by atoms with Gasteiger partial charge in [-0.15, -0.1) is 0 Å². The van der Waals surface area contributed by atoms with E-state index in [1.807, 2.05) is 24.3 Å². The maximum Gasteiger partial charge on any atom is 0.258 e. The monoisotopic (exact) mass is 356 g/mol. The summed E-state index contributed by atoms with van der Waals surface area (Å²) in [4.78, 5) is 19.9. The van der Waals surface area contributed by atoms with Gasteiger partial charge in [0.25, 0.3) is 5.56 Å². The highest BCUT2D eigenvalue weighted by Gasteiger charge is 2.18. The SMILES string of the molecule is Cc1ccc([C@H]([NH2+]Cc2nc3ccccc3c(=O)[nH]2)c2ccccc2)cc1. The summed E-state index contributed by atoms with van der Waals surface area (Å²) in [7, 11) is 0. The number of quaternary nitrogens is 1. The summed E-state index contributed by atoms with van der Waals surface area (Å²) in [5.41, 5.74) is 4.34. The van der Waals surface area contributed by atoms with Crippen molar-refractivity contribution in [1.82, 2.24) is 9.97 Å². The first-order valence-electron chi connectivity index (χ1n) is 9.13. The van der Waals surface area contributed by atoms with Gasteiger partial charge in [-0.25, -0.2) is 4.98 Å². The summed E-state index contributed by atoms with van der Waals surface area (Å²) in [6.07, 6.45) is 0. The molecule has 0 bridgehead atoms. The zero-order valence-corrected chi connectivity index (χ0v) is 15.2. The molecule has 1 aromatic heterocycles. The van der Waals surface area contributed by atoms with Gasteiger partial charge in [0.2, 0.25) is 0 Å². The van der Waals surface area contributed by atoms with Crippen LogP contribution in [0, 0.1) is 6.92 Å². The molecular weight excluding hydrogens is 334 g/mol. The number of aromatic nitrogens is 2. The summed E-state index contributed by atoms with van der Waals surface area (Å²) in [5, 5.41) is 2.84. The number of fused-ring (bicyclic) bond motifs is 1. The van der Waals surface area contributed by atoms with Crippen LogP contribution in [-0.4, -0.2) is 9.97 Å². The third-order valence-electron chi connectivity index (χ3n) is 4.80. The van der Waals surface area contributed by atoms with E-state index in [-0.39, 0.29) is 11.6 Å². The summed E-state index contributed by atoms with van der Waals surface area (Å²) >= 11 is 0. The van der Waals surface area contributed by atoms with E-state index in [1.54, 1.807) is 6.07 Å². The van der Waals surface area contributed by atoms with Crippen LogP contribution in [0.3, 0.4) is 0 Å². The zero-order valence-electron chi connectivity index (χ0n) is 15.2. The van der Waals surface area contributed by atoms with Crippen LogP contribution >= 0.6 is 0 Å². The maximum atomic E-state index is 12.3. The second-order valence-corrected chi connectivity index (χ2v) is 6.77. The molecular formula is C23H22N3O+. The van der Waals surface area contributed by atoms with Crippen LogP contribution in [0.1, 0.15) is 28.6 Å². The van der Waals surface area contributed by atoms with Crippen LogP contribution in [0.4, 0.5) is 0 Å². The molecule has 3 N–H and O–H groups in total. The molecule has 1 heterocycles. The average Bonchev–Trinajstić information content (AvgIpc) is 2.70. The Morgan fingerprint density at radius 2 is 1.56 bits per heavy atom. The number of para-hydroxylation sites is 1. The van der Waals surface area contributed by atoms with Gasteiger partial charge in [-0.05, 0) is 19.1 Å². The molecule has 0 amide bonds. The minimum absolute atomic E-state index is 0.0874. The second-order valence-electron chi connectivity index (χ2n) is 6.77. The van der Waals surface area contributed by atoms with Gasteiger partial charge in [-0.3, -0.25) is 4.79 Å². The first kappa shape index (κ1) is 17.2. The van der Waals surface area contributed by atoms with Crippen molar-refractivity contribution in [2.75, 3.05) is 0 Å². The summed E-state index contributed by atoms with van der Waals surface area (Å²) in [6.45, 7) is 2.68. The van der Waals surface area contributed by atoms with E-state index in [4.69, 9.17) is 0 Å². The molecule has 27 heavy (non-hydrogen) atoms. The molecule has 3 aromatic carbocycles. The van der Waals surface area contributed by atoms with Crippen molar-refractivity contribution in [3.63, 3.8) is 0 Å². The van der Waals surface area contributed by atoms with E-state index in [1.165, 1.54) is 16.7 Å². The lowest BCUT2D eigenvalue weighted by atomic mass is 9.98. The zero-order chi connectivity index (χ0) is 18.6. The topological polar surface area (TPSA) is 62.4 Å². The molecule has 0 radical (unpaired) electrons. The predicted octanol–water partition coefficient (Wildman–Crippen LogP) is 3.08. The fraction of sp³-hybridized carbons (Fsp3) is 0.130. The minimum Gasteiger partial charge on any atom is -0.330 e. The third-order valence-corrected chi connectivity index (χ3v) is 4.80. The number of H-pyrrole nitrogens is 1. The highest BCUT2D eigenvalue weighted by molar-refractivity contribution is 5.77. The Bertz CT molecular complexity index is 1100. The highest BCUT2D eigenvalue weighted by atomic mass is 16.1. The Labute approximate surface area is 157 Å². The quantitative estimate of drug-likeness (QED) is 0.577. The number of nitrogens with two attached hydrogens (primary N) is 1. The molecule has 1 atom stereocenters. The average molecular weight is 356 g/mol. The van der Waals surface area contributed by atoms with Gasteiger partial charge in [-0.1, -0.05) is 72.3 Å². The number of aryl methyl sites for hydroxylation is 1. The number of hydrogen-bond donors (Lipinski definition) is 2. The van der Waals surface area contributed by atoms with Crippen molar-refractivity contribution in [3.05, 3.63) is 112 Å². The van der Waals surface area contributed by atoms with E-state index in [0.29, 0.717) is 17.8 Å². The molecule has 4 nitrogen and oxygen atoms in total. The lowest BCUT2D eigenvalue weighted by Gasteiger charge is -2.17. The first-order chi connectivity index (χ1) is 13.2. The van der Waals surface area contributed by atoms with Gasteiger partial charge in [0, 0.05) is 11.1 Å². The molecule has 4 aromatic rings. The van der Waals surface area contributed by atoms with Gasteiger partial charge in [0.15, 0.2) is 5.82 Å². The largest absolute Gasteiger partial charge is 0.330 e. The lowest BCUT2D eigenvalue weighted by Crippen LogP contribution is -2.84. The molecule has 4 rings (SSSR count). The number of hydrogen-bond acceptors (Lipinski definition) is 2. The number of benzene rings is 3. The molecule has 4 heteroatoms. The number of rotatable bonds is 5. The third kappa shape index (κ3) is 3.81. The standard InChI is InChI=1S/C23H21N3O/c1-16-11-13-18(14-12-16)22(17-7-3-2-4-8-17)24-15-21-25-20-10-6-5-9-19(20)23(27)26-21/h2-14,22,24H,15H2,1H3,(H,25,26,27)/p+1/t22-/m1/s1. The van der Waals surface area contributed by atoms with Crippen LogP contribution in [-0.2, 0) is 6.54 Å². The Morgan fingerprint density at radius 1 is 0.889 bits per heavy atom. The van der Waals surface area contributed by atoms with Gasteiger partial charge in [0.1, 0.15) is 12.6 Å². The molecule has 0 aliphatic carbocycles. The van der Waals surface area contributed by atoms with Crippen molar-refractivity contribution in [1.29, 1.82) is 0 Å². The first-order valence-corrected chi connectivity index (χ1v) is 9.13. The molecule has 0 aliphatic rings. The Kier molecular flexibility index (Phi) is 4.81. The molecule has 134 valence electrons. The van der Waals surface area contributed by atoms with Crippen molar-refractivity contribution in [2.45, 2.75) is 19.5 Å². The predicted molar refractivity (Wildman–Crippen MR) is 107 cm³/mol. The Morgan fingerprint density at radius 3 is 2.33 bits per heavy atom. The highest BCUT2D eigenvalue weighted by Crippen LogP contribution is 2.18. The lowest BCUT2D eigenvalue weighted by molar-refractivity contribution is -0.703. The number of nitrogens with one attached hydrogen (secondary N) is 1. The molecule has 0 unspecified atom stereocenters. The smallest absolute Gasteiger partial charge is 0.258 e. The van der Waals surface area contributed by atoms with Crippen LogP contribution < -0.4 is 10.9 Å². The van der Waals surface area contributed by atoms with Gasteiger partial charge in [0.05, 0.1) is 10.9 Å². The fourth-order valence-corrected chi connectivity index (χ4v) is 3.36. The van der Waals surface area contributed by atoms with Crippen LogP contribution in [0.5, 0.6) is 0 Å². The van der Waals surface area contributed by atoms with Crippen LogP contribution in [0.25, 0.3) is 10.9 Å². The normalized spacial score (nSPS) is 12.2. The van der Waals surface area contributed by atoms with Crippen LogP contribution in [0.2, 0.25) is 0 Å². The van der Waals surface area contributed by atoms with Crippen LogP contribution in [0.15, 0.2) is 83.7 Å². The molecule has 0 saturated carbocycles. The molecule has 0 aliphatic heterocycles. The summed E-state index contributed by atoms with van der Waals surface area (Å²) in [5.74, 6) is 0.687. The second kappa shape index (κ2) is 7.56. The number of aromatic amines is 1. The molecule has 0 spiro atoms. The molecule has 0 saturated heterocycles. The molecule has 0 fully saturated rings. The Balaban J connectivity index is 1.64. The van der Waals surface area contributed by atoms with Gasteiger partial charge >= 0.3 is 0 Å². The van der Waals surface area contributed by atoms with E-state index in [0.717, 1.165) is 5.52 Å². The maximum absolute atomic E-state index is 12.3. The van der Waals surface area contributed by atoms with E-state index < -0.39 is 0 Å². The van der Waals surface area contributed by atoms with Gasteiger partial charge in [-0.2, -0.15) is 0 Å². The summed E-state index contributed by atoms with van der Waals surface area (Å²) < 4.78 is 0. The van der Waals surface area contributed by atoms with E-state index in [2.05, 4.69) is 70.7 Å². The van der Waals surface area contributed by atoms with Crippen molar-refractivity contribution in [2.24, 2.45) is 0 Å². The van der Waals surface area contributed by atoms with E-state index in [9.17, 15) is 4.79 Å². The van der Waals surface area contributed by atoms with Crippen molar-refractivity contribution >= 4 is 10.9 Å². The van der Waals surface area contributed by atoms with Crippen molar-refractivity contribution in [3.8, 4) is 0 Å². The minimum atomic E-state index is -0.0874. The van der Waals surface area contributed by atoms with Gasteiger partial charge < -0.3 is 10.3 Å². The Hall–Kier alpha value is -3.24. The summed E-state index contributed by atoms with van der Waals surface area (Å²) in [6, 6.07) is 26.6. The number of nitrogens with zero attached hydrogens (tertiary/aromatic N) is 1.